The smallest absolute Gasteiger partial charge is 0.0345 e. The van der Waals surface area contributed by atoms with Gasteiger partial charge < -0.3 is 5.32 Å². The van der Waals surface area contributed by atoms with Crippen LogP contribution in [0.3, 0.4) is 0 Å². The topological polar surface area (TPSA) is 12.0 Å². The zero-order valence-electron chi connectivity index (χ0n) is 7.99. The van der Waals surface area contributed by atoms with E-state index in [9.17, 15) is 0 Å². The van der Waals surface area contributed by atoms with Crippen LogP contribution in [0.1, 0.15) is 4.88 Å². The predicted octanol–water partition coefficient (Wildman–Crippen LogP) is 2.66. The minimum atomic E-state index is 0.878. The van der Waals surface area contributed by atoms with Crippen LogP contribution in [0.5, 0.6) is 0 Å². The first-order chi connectivity index (χ1) is 6.92. The maximum atomic E-state index is 3.32. The highest BCUT2D eigenvalue weighted by Crippen LogP contribution is 2.27. The number of thiophene rings is 1. The quantitative estimate of drug-likeness (QED) is 0.791. The van der Waals surface area contributed by atoms with E-state index >= 15 is 0 Å². The van der Waals surface area contributed by atoms with Crippen molar-refractivity contribution in [3.8, 4) is 0 Å². The summed E-state index contributed by atoms with van der Waals surface area (Å²) in [6, 6.07) is 11.0. The largest absolute Gasteiger partial charge is 0.316 e. The van der Waals surface area contributed by atoms with Gasteiger partial charge in [0.05, 0.1) is 0 Å². The second-order valence-electron chi connectivity index (χ2n) is 3.98. The second kappa shape index (κ2) is 3.37. The van der Waals surface area contributed by atoms with E-state index in [-0.39, 0.29) is 0 Å². The molecule has 14 heavy (non-hydrogen) atoms. The average Bonchev–Trinajstić information content (AvgIpc) is 2.53. The number of fused-ring (bicyclic) bond motifs is 1. The van der Waals surface area contributed by atoms with Crippen LogP contribution in [0.4, 0.5) is 0 Å². The molecule has 1 nitrogen and oxygen atoms in total. The van der Waals surface area contributed by atoms with Gasteiger partial charge in [0.2, 0.25) is 0 Å². The van der Waals surface area contributed by atoms with E-state index in [4.69, 9.17) is 0 Å². The van der Waals surface area contributed by atoms with Crippen molar-refractivity contribution in [2.24, 2.45) is 5.92 Å². The van der Waals surface area contributed by atoms with Crippen molar-refractivity contribution in [2.45, 2.75) is 6.42 Å². The lowest BCUT2D eigenvalue weighted by atomic mass is 9.98. The molecule has 0 amide bonds. The minimum absolute atomic E-state index is 0.878. The van der Waals surface area contributed by atoms with Gasteiger partial charge in [0.15, 0.2) is 0 Å². The minimum Gasteiger partial charge on any atom is -0.316 e. The fourth-order valence-electron chi connectivity index (χ4n) is 1.91. The molecule has 0 atom stereocenters. The Morgan fingerprint density at radius 1 is 1.29 bits per heavy atom. The molecular formula is C12H13NS. The average molecular weight is 203 g/mol. The molecule has 2 heteroatoms. The lowest BCUT2D eigenvalue weighted by Gasteiger charge is -2.26. The molecule has 1 saturated heterocycles. The molecule has 1 N–H and O–H groups in total. The number of hydrogen-bond acceptors (Lipinski definition) is 2. The lowest BCUT2D eigenvalue weighted by Crippen LogP contribution is -2.42. The highest BCUT2D eigenvalue weighted by atomic mass is 32.1. The highest BCUT2D eigenvalue weighted by Gasteiger charge is 2.17. The van der Waals surface area contributed by atoms with Crippen molar-refractivity contribution in [2.75, 3.05) is 13.1 Å². The van der Waals surface area contributed by atoms with Crippen molar-refractivity contribution < 1.29 is 0 Å². The van der Waals surface area contributed by atoms with Gasteiger partial charge in [-0.25, -0.2) is 0 Å². The molecule has 0 spiro atoms. The zero-order valence-corrected chi connectivity index (χ0v) is 8.81. The van der Waals surface area contributed by atoms with E-state index in [1.165, 1.54) is 34.5 Å². The van der Waals surface area contributed by atoms with Crippen molar-refractivity contribution in [3.63, 3.8) is 0 Å². The van der Waals surface area contributed by atoms with Crippen molar-refractivity contribution in [3.05, 3.63) is 35.2 Å². The summed E-state index contributed by atoms with van der Waals surface area (Å²) in [6.45, 7) is 2.41. The normalized spacial score (nSPS) is 17.1. The number of hydrogen-bond donors (Lipinski definition) is 1. The molecule has 0 bridgehead atoms. The van der Waals surface area contributed by atoms with Gasteiger partial charge >= 0.3 is 0 Å². The SMILES string of the molecule is c1ccc2sc(CC3CNC3)cc2c1. The molecule has 0 aliphatic carbocycles. The summed E-state index contributed by atoms with van der Waals surface area (Å²) in [5.74, 6) is 0.878. The van der Waals surface area contributed by atoms with Gasteiger partial charge in [0.1, 0.15) is 0 Å². The molecule has 72 valence electrons. The number of nitrogens with one attached hydrogen (secondary N) is 1. The van der Waals surface area contributed by atoms with Gasteiger partial charge in [0.25, 0.3) is 0 Å². The number of benzene rings is 1. The molecule has 1 aromatic heterocycles. The second-order valence-corrected chi connectivity index (χ2v) is 5.15. The molecule has 1 aromatic carbocycles. The zero-order chi connectivity index (χ0) is 9.38. The monoisotopic (exact) mass is 203 g/mol. The summed E-state index contributed by atoms with van der Waals surface area (Å²) in [5, 5.41) is 4.72. The van der Waals surface area contributed by atoms with Gasteiger partial charge in [-0.15, -0.1) is 11.3 Å². The van der Waals surface area contributed by atoms with E-state index in [1.54, 1.807) is 0 Å². The maximum absolute atomic E-state index is 3.32. The van der Waals surface area contributed by atoms with Crippen LogP contribution in [-0.2, 0) is 6.42 Å². The van der Waals surface area contributed by atoms with E-state index in [2.05, 4.69) is 35.6 Å². The van der Waals surface area contributed by atoms with Crippen molar-refractivity contribution in [1.29, 1.82) is 0 Å². The molecule has 0 unspecified atom stereocenters. The van der Waals surface area contributed by atoms with Gasteiger partial charge in [0, 0.05) is 9.58 Å². The summed E-state index contributed by atoms with van der Waals surface area (Å²) in [7, 11) is 0. The summed E-state index contributed by atoms with van der Waals surface area (Å²) in [5.41, 5.74) is 0. The summed E-state index contributed by atoms with van der Waals surface area (Å²) in [6.07, 6.45) is 1.26. The molecule has 2 aromatic rings. The van der Waals surface area contributed by atoms with Gasteiger partial charge in [-0.1, -0.05) is 18.2 Å². The third kappa shape index (κ3) is 1.45. The van der Waals surface area contributed by atoms with Crippen LogP contribution < -0.4 is 5.32 Å². The van der Waals surface area contributed by atoms with Crippen molar-refractivity contribution in [1.82, 2.24) is 5.32 Å². The molecule has 1 aliphatic rings. The van der Waals surface area contributed by atoms with Crippen LogP contribution in [0.15, 0.2) is 30.3 Å². The molecule has 2 heterocycles. The molecular weight excluding hydrogens is 190 g/mol. The standard InChI is InChI=1S/C12H13NS/c1-2-4-12-10(3-1)6-11(14-12)5-9-7-13-8-9/h1-4,6,9,13H,5,7-8H2. The van der Waals surface area contributed by atoms with E-state index in [1.807, 2.05) is 11.3 Å². The van der Waals surface area contributed by atoms with E-state index in [0.717, 1.165) is 5.92 Å². The van der Waals surface area contributed by atoms with Crippen LogP contribution >= 0.6 is 11.3 Å². The Morgan fingerprint density at radius 3 is 2.86 bits per heavy atom. The van der Waals surface area contributed by atoms with Gasteiger partial charge in [-0.3, -0.25) is 0 Å². The third-order valence-corrected chi connectivity index (χ3v) is 3.97. The predicted molar refractivity (Wildman–Crippen MR) is 61.9 cm³/mol. The summed E-state index contributed by atoms with van der Waals surface area (Å²) in [4.78, 5) is 1.54. The first-order valence-electron chi connectivity index (χ1n) is 5.10. The first-order valence-corrected chi connectivity index (χ1v) is 5.91. The number of rotatable bonds is 2. The third-order valence-electron chi connectivity index (χ3n) is 2.83. The molecule has 1 fully saturated rings. The Morgan fingerprint density at radius 2 is 2.14 bits per heavy atom. The Labute approximate surface area is 87.8 Å². The molecule has 1 aliphatic heterocycles. The molecule has 3 rings (SSSR count). The van der Waals surface area contributed by atoms with E-state index < -0.39 is 0 Å². The Hall–Kier alpha value is -0.860. The summed E-state index contributed by atoms with van der Waals surface area (Å²) >= 11 is 1.95. The summed E-state index contributed by atoms with van der Waals surface area (Å²) < 4.78 is 1.43. The fraction of sp³-hybridized carbons (Fsp3) is 0.333. The van der Waals surface area contributed by atoms with Crippen LogP contribution in [0, 0.1) is 5.92 Å². The van der Waals surface area contributed by atoms with Crippen molar-refractivity contribution >= 4 is 21.4 Å². The van der Waals surface area contributed by atoms with Gasteiger partial charge in [-0.2, -0.15) is 0 Å². The Balaban J connectivity index is 1.89. The highest BCUT2D eigenvalue weighted by molar-refractivity contribution is 7.19. The molecule has 0 saturated carbocycles. The van der Waals surface area contributed by atoms with Gasteiger partial charge in [-0.05, 0) is 42.9 Å². The Bertz CT molecular complexity index is 409. The maximum Gasteiger partial charge on any atom is 0.0345 e. The Kier molecular flexibility index (Phi) is 2.03. The van der Waals surface area contributed by atoms with Crippen LogP contribution in [0.25, 0.3) is 10.1 Å². The lowest BCUT2D eigenvalue weighted by molar-refractivity contribution is 0.348. The van der Waals surface area contributed by atoms with Crippen LogP contribution in [0.2, 0.25) is 0 Å². The van der Waals surface area contributed by atoms with E-state index in [0.29, 0.717) is 0 Å². The van der Waals surface area contributed by atoms with Crippen LogP contribution in [-0.4, -0.2) is 13.1 Å². The molecule has 0 radical (unpaired) electrons. The first kappa shape index (κ1) is 8.45. The fourth-order valence-corrected chi connectivity index (χ4v) is 3.09.